The maximum atomic E-state index is 5.64. The summed E-state index contributed by atoms with van der Waals surface area (Å²) in [6.07, 6.45) is 0.922. The van der Waals surface area contributed by atoms with Gasteiger partial charge in [-0.25, -0.2) is 0 Å². The molecule has 0 aliphatic rings. The minimum Gasteiger partial charge on any atom is -0.271 e. The van der Waals surface area contributed by atoms with Crippen molar-refractivity contribution >= 4 is 11.3 Å². The molecule has 96 valence electrons. The summed E-state index contributed by atoms with van der Waals surface area (Å²) in [4.78, 5) is 0. The first-order chi connectivity index (χ1) is 8.70. The molecule has 0 saturated heterocycles. The normalized spacial score (nSPS) is 12.9. The first-order valence-corrected chi connectivity index (χ1v) is 7.22. The van der Waals surface area contributed by atoms with Crippen LogP contribution in [0.5, 0.6) is 0 Å². The van der Waals surface area contributed by atoms with Gasteiger partial charge < -0.3 is 0 Å². The Balaban J connectivity index is 2.08. The van der Waals surface area contributed by atoms with E-state index in [4.69, 9.17) is 5.84 Å². The highest BCUT2D eigenvalue weighted by atomic mass is 32.1. The summed E-state index contributed by atoms with van der Waals surface area (Å²) in [5.41, 5.74) is 6.85. The monoisotopic (exact) mass is 260 g/mol. The lowest BCUT2D eigenvalue weighted by Gasteiger charge is -2.15. The molecule has 1 aromatic carbocycles. The van der Waals surface area contributed by atoms with Gasteiger partial charge in [-0.1, -0.05) is 38.1 Å². The van der Waals surface area contributed by atoms with Gasteiger partial charge in [0.05, 0.1) is 6.04 Å². The van der Waals surface area contributed by atoms with E-state index in [2.05, 4.69) is 60.4 Å². The smallest absolute Gasteiger partial charge is 0.0508 e. The summed E-state index contributed by atoms with van der Waals surface area (Å²) in [6.45, 7) is 4.43. The molecular weight excluding hydrogens is 240 g/mol. The molecule has 2 aromatic rings. The van der Waals surface area contributed by atoms with E-state index in [-0.39, 0.29) is 6.04 Å². The highest BCUT2D eigenvalue weighted by Gasteiger charge is 2.11. The Bertz CT molecular complexity index is 460. The zero-order valence-corrected chi connectivity index (χ0v) is 11.7. The predicted octanol–water partition coefficient (Wildman–Crippen LogP) is 3.62. The van der Waals surface area contributed by atoms with Crippen LogP contribution >= 0.6 is 11.3 Å². The molecule has 0 spiro atoms. The van der Waals surface area contributed by atoms with Crippen LogP contribution in [0, 0.1) is 0 Å². The number of nitrogens with two attached hydrogens (primary N) is 1. The fourth-order valence-electron chi connectivity index (χ4n) is 2.02. The van der Waals surface area contributed by atoms with Crippen LogP contribution in [-0.2, 0) is 6.42 Å². The number of hydrazine groups is 1. The summed E-state index contributed by atoms with van der Waals surface area (Å²) in [7, 11) is 0. The number of thiophene rings is 1. The second-order valence-corrected chi connectivity index (χ2v) is 5.66. The molecule has 18 heavy (non-hydrogen) atoms. The Morgan fingerprint density at radius 3 is 2.33 bits per heavy atom. The lowest BCUT2D eigenvalue weighted by molar-refractivity contribution is 0.553. The van der Waals surface area contributed by atoms with E-state index < -0.39 is 0 Å². The second kappa shape index (κ2) is 6.14. The van der Waals surface area contributed by atoms with Gasteiger partial charge in [0.2, 0.25) is 0 Å². The van der Waals surface area contributed by atoms with Gasteiger partial charge in [0.15, 0.2) is 0 Å². The lowest BCUT2D eigenvalue weighted by Crippen LogP contribution is -2.29. The number of hydrogen-bond acceptors (Lipinski definition) is 3. The molecule has 0 bridgehead atoms. The Morgan fingerprint density at radius 2 is 1.83 bits per heavy atom. The molecule has 1 heterocycles. The maximum Gasteiger partial charge on any atom is 0.0508 e. The second-order valence-electron chi connectivity index (χ2n) is 4.88. The minimum absolute atomic E-state index is 0.196. The molecule has 3 N–H and O–H groups in total. The zero-order valence-electron chi connectivity index (χ0n) is 10.9. The van der Waals surface area contributed by atoms with Crippen LogP contribution in [0.25, 0.3) is 0 Å². The molecule has 0 saturated carbocycles. The van der Waals surface area contributed by atoms with Gasteiger partial charge in [-0.3, -0.25) is 11.3 Å². The first kappa shape index (κ1) is 13.3. The maximum absolute atomic E-state index is 5.64. The summed E-state index contributed by atoms with van der Waals surface area (Å²) in [5, 5.41) is 4.23. The fraction of sp³-hybridized carbons (Fsp3) is 0.333. The molecule has 3 heteroatoms. The van der Waals surface area contributed by atoms with Crippen molar-refractivity contribution in [3.8, 4) is 0 Å². The first-order valence-electron chi connectivity index (χ1n) is 6.27. The molecule has 2 rings (SSSR count). The average molecular weight is 260 g/mol. The summed E-state index contributed by atoms with van der Waals surface area (Å²) in [5.74, 6) is 6.23. The Kier molecular flexibility index (Phi) is 4.53. The van der Waals surface area contributed by atoms with Gasteiger partial charge in [-0.05, 0) is 45.9 Å². The zero-order chi connectivity index (χ0) is 13.0. The Labute approximate surface area is 113 Å². The fourth-order valence-corrected chi connectivity index (χ4v) is 2.73. The van der Waals surface area contributed by atoms with Crippen molar-refractivity contribution in [1.29, 1.82) is 0 Å². The molecular formula is C15H20N2S. The molecule has 0 amide bonds. The third-order valence-electron chi connectivity index (χ3n) is 3.23. The van der Waals surface area contributed by atoms with Crippen molar-refractivity contribution in [1.82, 2.24) is 5.43 Å². The van der Waals surface area contributed by atoms with Gasteiger partial charge in [0.25, 0.3) is 0 Å². The van der Waals surface area contributed by atoms with Gasteiger partial charge in [-0.2, -0.15) is 11.3 Å². The van der Waals surface area contributed by atoms with Crippen molar-refractivity contribution in [3.63, 3.8) is 0 Å². The van der Waals surface area contributed by atoms with Crippen LogP contribution in [0.3, 0.4) is 0 Å². The van der Waals surface area contributed by atoms with Crippen molar-refractivity contribution in [2.75, 3.05) is 0 Å². The van der Waals surface area contributed by atoms with E-state index in [0.29, 0.717) is 5.92 Å². The number of nitrogens with one attached hydrogen (secondary N) is 1. The highest BCUT2D eigenvalue weighted by molar-refractivity contribution is 7.07. The van der Waals surface area contributed by atoms with Crippen LogP contribution < -0.4 is 11.3 Å². The van der Waals surface area contributed by atoms with E-state index >= 15 is 0 Å². The molecule has 1 aromatic heterocycles. The van der Waals surface area contributed by atoms with E-state index in [0.717, 1.165) is 6.42 Å². The predicted molar refractivity (Wildman–Crippen MR) is 78.6 cm³/mol. The van der Waals surface area contributed by atoms with Crippen molar-refractivity contribution in [2.24, 2.45) is 5.84 Å². The Hall–Kier alpha value is -1.16. The standard InChI is InChI=1S/C15H20N2S/c1-11(2)13-5-3-12(4-6-13)9-15(17-16)14-7-8-18-10-14/h3-8,10-11,15,17H,9,16H2,1-2H3. The van der Waals surface area contributed by atoms with Gasteiger partial charge in [-0.15, -0.1) is 0 Å². The SMILES string of the molecule is CC(C)c1ccc(CC(NN)c2ccsc2)cc1. The van der Waals surface area contributed by atoms with Crippen molar-refractivity contribution in [2.45, 2.75) is 32.2 Å². The van der Waals surface area contributed by atoms with E-state index in [1.807, 2.05) is 0 Å². The van der Waals surface area contributed by atoms with Gasteiger partial charge >= 0.3 is 0 Å². The molecule has 0 fully saturated rings. The number of benzene rings is 1. The summed E-state index contributed by atoms with van der Waals surface area (Å²) >= 11 is 1.70. The Morgan fingerprint density at radius 1 is 1.11 bits per heavy atom. The summed E-state index contributed by atoms with van der Waals surface area (Å²) < 4.78 is 0. The minimum atomic E-state index is 0.196. The molecule has 0 aliphatic heterocycles. The van der Waals surface area contributed by atoms with Crippen LogP contribution in [0.1, 0.15) is 42.5 Å². The van der Waals surface area contributed by atoms with Crippen LogP contribution in [0.4, 0.5) is 0 Å². The molecule has 0 radical (unpaired) electrons. The van der Waals surface area contributed by atoms with E-state index in [1.165, 1.54) is 16.7 Å². The lowest BCUT2D eigenvalue weighted by atomic mass is 9.97. The van der Waals surface area contributed by atoms with E-state index in [9.17, 15) is 0 Å². The van der Waals surface area contributed by atoms with Crippen molar-refractivity contribution in [3.05, 3.63) is 57.8 Å². The van der Waals surface area contributed by atoms with E-state index in [1.54, 1.807) is 11.3 Å². The topological polar surface area (TPSA) is 38.0 Å². The third-order valence-corrected chi connectivity index (χ3v) is 3.93. The highest BCUT2D eigenvalue weighted by Crippen LogP contribution is 2.21. The van der Waals surface area contributed by atoms with Crippen molar-refractivity contribution < 1.29 is 0 Å². The largest absolute Gasteiger partial charge is 0.271 e. The average Bonchev–Trinajstić information content (AvgIpc) is 2.90. The molecule has 1 unspecified atom stereocenters. The van der Waals surface area contributed by atoms with Crippen LogP contribution in [0.15, 0.2) is 41.1 Å². The number of hydrogen-bond donors (Lipinski definition) is 2. The number of rotatable bonds is 5. The summed E-state index contributed by atoms with van der Waals surface area (Å²) in [6, 6.07) is 11.1. The third kappa shape index (κ3) is 3.19. The molecule has 0 aliphatic carbocycles. The quantitative estimate of drug-likeness (QED) is 0.636. The molecule has 1 atom stereocenters. The van der Waals surface area contributed by atoms with Gasteiger partial charge in [0.1, 0.15) is 0 Å². The van der Waals surface area contributed by atoms with Gasteiger partial charge in [0, 0.05) is 0 Å². The van der Waals surface area contributed by atoms with Crippen LogP contribution in [0.2, 0.25) is 0 Å². The molecule has 2 nitrogen and oxygen atoms in total. The van der Waals surface area contributed by atoms with Crippen LogP contribution in [-0.4, -0.2) is 0 Å².